The Morgan fingerprint density at radius 1 is 1.35 bits per heavy atom. The molecule has 0 radical (unpaired) electrons. The van der Waals surface area contributed by atoms with E-state index >= 15 is 0 Å². The van der Waals surface area contributed by atoms with Gasteiger partial charge in [-0.2, -0.15) is 13.2 Å². The molecule has 1 unspecified atom stereocenters. The van der Waals surface area contributed by atoms with Crippen LogP contribution >= 0.6 is 0 Å². The monoisotopic (exact) mass is 253 g/mol. The zero-order valence-corrected chi connectivity index (χ0v) is 10.4. The fraction of sp³-hybridized carbons (Fsp3) is 1.00. The molecule has 0 aromatic rings. The maximum absolute atomic E-state index is 11.8. The van der Waals surface area contributed by atoms with Crippen molar-refractivity contribution in [3.05, 3.63) is 0 Å². The van der Waals surface area contributed by atoms with E-state index in [1.54, 1.807) is 0 Å². The lowest BCUT2D eigenvalue weighted by Gasteiger charge is -2.15. The minimum atomic E-state index is -4.20. The molecule has 0 bridgehead atoms. The first-order valence-corrected chi connectivity index (χ1v) is 6.39. The average Bonchev–Trinajstić information content (AvgIpc) is 3.04. The number of ether oxygens (including phenoxy) is 1. The van der Waals surface area contributed by atoms with Crippen molar-refractivity contribution in [2.75, 3.05) is 19.8 Å². The maximum atomic E-state index is 11.8. The van der Waals surface area contributed by atoms with E-state index in [-0.39, 0.29) is 6.61 Å². The minimum absolute atomic E-state index is 0.208. The van der Waals surface area contributed by atoms with Crippen LogP contribution in [0.25, 0.3) is 0 Å². The highest BCUT2D eigenvalue weighted by Crippen LogP contribution is 2.20. The first kappa shape index (κ1) is 14.8. The zero-order valence-electron chi connectivity index (χ0n) is 10.4. The van der Waals surface area contributed by atoms with Gasteiger partial charge < -0.3 is 10.1 Å². The van der Waals surface area contributed by atoms with Crippen LogP contribution in [0.4, 0.5) is 13.2 Å². The number of rotatable bonds is 9. The standard InChI is InChI=1S/C12H22F3NO/c1-2-10(8-16-11-5-6-11)4-3-7-17-9-12(13,14)15/h10-11,16H,2-9H2,1H3. The lowest BCUT2D eigenvalue weighted by molar-refractivity contribution is -0.174. The van der Waals surface area contributed by atoms with E-state index in [0.29, 0.717) is 18.4 Å². The van der Waals surface area contributed by atoms with Gasteiger partial charge in [0.15, 0.2) is 0 Å². The normalized spacial score (nSPS) is 18.4. The van der Waals surface area contributed by atoms with Gasteiger partial charge in [-0.05, 0) is 38.1 Å². The minimum Gasteiger partial charge on any atom is -0.372 e. The van der Waals surface area contributed by atoms with Crippen LogP contribution in [0.15, 0.2) is 0 Å². The highest BCUT2D eigenvalue weighted by Gasteiger charge is 2.27. The predicted molar refractivity (Wildman–Crippen MR) is 60.9 cm³/mol. The summed E-state index contributed by atoms with van der Waals surface area (Å²) in [6.07, 6.45) is 1.06. The molecular weight excluding hydrogens is 231 g/mol. The fourth-order valence-corrected chi connectivity index (χ4v) is 1.73. The van der Waals surface area contributed by atoms with Crippen LogP contribution < -0.4 is 5.32 Å². The third-order valence-electron chi connectivity index (χ3n) is 3.02. The molecule has 0 aromatic heterocycles. The predicted octanol–water partition coefficient (Wildman–Crippen LogP) is 3.12. The molecule has 0 aromatic carbocycles. The van der Waals surface area contributed by atoms with Crippen LogP contribution in [0.2, 0.25) is 0 Å². The molecular formula is C12H22F3NO. The number of halogens is 3. The van der Waals surface area contributed by atoms with Gasteiger partial charge >= 0.3 is 6.18 Å². The van der Waals surface area contributed by atoms with Crippen molar-refractivity contribution >= 4 is 0 Å². The Labute approximate surface area is 101 Å². The molecule has 2 nitrogen and oxygen atoms in total. The summed E-state index contributed by atoms with van der Waals surface area (Å²) in [4.78, 5) is 0. The summed E-state index contributed by atoms with van der Waals surface area (Å²) in [5, 5.41) is 3.45. The molecule has 0 aliphatic heterocycles. The Hall–Kier alpha value is -0.290. The van der Waals surface area contributed by atoms with E-state index in [4.69, 9.17) is 0 Å². The summed E-state index contributed by atoms with van der Waals surface area (Å²) < 4.78 is 40.0. The Kier molecular flexibility index (Phi) is 6.27. The summed E-state index contributed by atoms with van der Waals surface area (Å²) in [5.74, 6) is 0.560. The van der Waals surface area contributed by atoms with Gasteiger partial charge in [0.1, 0.15) is 6.61 Å². The lowest BCUT2D eigenvalue weighted by Crippen LogP contribution is -2.24. The van der Waals surface area contributed by atoms with Crippen molar-refractivity contribution in [1.82, 2.24) is 5.32 Å². The maximum Gasteiger partial charge on any atom is 0.411 e. The summed E-state index contributed by atoms with van der Waals surface area (Å²) in [6, 6.07) is 0.700. The van der Waals surface area contributed by atoms with Crippen LogP contribution in [0, 0.1) is 5.92 Å². The molecule has 1 saturated carbocycles. The molecule has 1 rings (SSSR count). The van der Waals surface area contributed by atoms with Crippen molar-refractivity contribution in [2.45, 2.75) is 51.2 Å². The molecule has 1 fully saturated rings. The Morgan fingerprint density at radius 2 is 2.06 bits per heavy atom. The Bertz CT molecular complexity index is 204. The SMILES string of the molecule is CCC(CCCOCC(F)(F)F)CNC1CC1. The van der Waals surface area contributed by atoms with Crippen LogP contribution in [-0.4, -0.2) is 32.0 Å². The summed E-state index contributed by atoms with van der Waals surface area (Å²) in [7, 11) is 0. The summed E-state index contributed by atoms with van der Waals surface area (Å²) in [6.45, 7) is 2.19. The van der Waals surface area contributed by atoms with Crippen molar-refractivity contribution in [3.8, 4) is 0 Å². The number of alkyl halides is 3. The van der Waals surface area contributed by atoms with E-state index < -0.39 is 12.8 Å². The zero-order chi connectivity index (χ0) is 12.7. The molecule has 0 spiro atoms. The van der Waals surface area contributed by atoms with E-state index in [1.807, 2.05) is 0 Å². The van der Waals surface area contributed by atoms with Crippen molar-refractivity contribution < 1.29 is 17.9 Å². The van der Waals surface area contributed by atoms with E-state index in [0.717, 1.165) is 19.4 Å². The van der Waals surface area contributed by atoms with Gasteiger partial charge in [-0.1, -0.05) is 13.3 Å². The summed E-state index contributed by atoms with van der Waals surface area (Å²) >= 11 is 0. The molecule has 1 N–H and O–H groups in total. The van der Waals surface area contributed by atoms with E-state index in [2.05, 4.69) is 17.0 Å². The second kappa shape index (κ2) is 7.21. The van der Waals surface area contributed by atoms with Crippen molar-refractivity contribution in [3.63, 3.8) is 0 Å². The number of nitrogens with one attached hydrogen (secondary N) is 1. The first-order valence-electron chi connectivity index (χ1n) is 6.39. The molecule has 17 heavy (non-hydrogen) atoms. The van der Waals surface area contributed by atoms with Gasteiger partial charge in [0.2, 0.25) is 0 Å². The van der Waals surface area contributed by atoms with Gasteiger partial charge in [0.05, 0.1) is 0 Å². The topological polar surface area (TPSA) is 21.3 Å². The van der Waals surface area contributed by atoms with Gasteiger partial charge in [-0.3, -0.25) is 0 Å². The summed E-state index contributed by atoms with van der Waals surface area (Å²) in [5.41, 5.74) is 0. The average molecular weight is 253 g/mol. The fourth-order valence-electron chi connectivity index (χ4n) is 1.73. The quantitative estimate of drug-likeness (QED) is 0.637. The van der Waals surface area contributed by atoms with E-state index in [1.165, 1.54) is 12.8 Å². The Balaban J connectivity index is 1.94. The highest BCUT2D eigenvalue weighted by atomic mass is 19.4. The van der Waals surface area contributed by atoms with Crippen molar-refractivity contribution in [1.29, 1.82) is 0 Å². The van der Waals surface area contributed by atoms with Crippen LogP contribution in [0.1, 0.15) is 39.0 Å². The third kappa shape index (κ3) is 8.44. The van der Waals surface area contributed by atoms with Crippen LogP contribution in [0.5, 0.6) is 0 Å². The molecule has 1 atom stereocenters. The molecule has 0 amide bonds. The van der Waals surface area contributed by atoms with Gasteiger partial charge in [-0.15, -0.1) is 0 Å². The lowest BCUT2D eigenvalue weighted by atomic mass is 10.0. The van der Waals surface area contributed by atoms with Gasteiger partial charge in [-0.25, -0.2) is 0 Å². The second-order valence-corrected chi connectivity index (χ2v) is 4.77. The molecule has 0 heterocycles. The van der Waals surface area contributed by atoms with Crippen LogP contribution in [0.3, 0.4) is 0 Å². The smallest absolute Gasteiger partial charge is 0.372 e. The van der Waals surface area contributed by atoms with Crippen LogP contribution in [-0.2, 0) is 4.74 Å². The third-order valence-corrected chi connectivity index (χ3v) is 3.02. The Morgan fingerprint density at radius 3 is 2.59 bits per heavy atom. The van der Waals surface area contributed by atoms with E-state index in [9.17, 15) is 13.2 Å². The highest BCUT2D eigenvalue weighted by molar-refractivity contribution is 4.81. The molecule has 102 valence electrons. The second-order valence-electron chi connectivity index (χ2n) is 4.77. The molecule has 1 aliphatic rings. The van der Waals surface area contributed by atoms with Gasteiger partial charge in [0.25, 0.3) is 0 Å². The van der Waals surface area contributed by atoms with Gasteiger partial charge in [0, 0.05) is 12.6 Å². The molecule has 0 saturated heterocycles. The first-order chi connectivity index (χ1) is 8.01. The number of hydrogen-bond acceptors (Lipinski definition) is 2. The largest absolute Gasteiger partial charge is 0.411 e. The van der Waals surface area contributed by atoms with Crippen molar-refractivity contribution in [2.24, 2.45) is 5.92 Å². The molecule has 1 aliphatic carbocycles. The number of hydrogen-bond donors (Lipinski definition) is 1. The molecule has 5 heteroatoms.